The van der Waals surface area contributed by atoms with Crippen LogP contribution >= 0.6 is 0 Å². The van der Waals surface area contributed by atoms with Gasteiger partial charge in [-0.2, -0.15) is 0 Å². The van der Waals surface area contributed by atoms with Gasteiger partial charge >= 0.3 is 6.09 Å². The van der Waals surface area contributed by atoms with Gasteiger partial charge in [0.25, 0.3) is 5.91 Å². The van der Waals surface area contributed by atoms with Crippen molar-refractivity contribution >= 4 is 21.8 Å². The van der Waals surface area contributed by atoms with Crippen LogP contribution in [0.3, 0.4) is 0 Å². The van der Waals surface area contributed by atoms with Crippen molar-refractivity contribution in [1.29, 1.82) is 0 Å². The lowest BCUT2D eigenvalue weighted by Crippen LogP contribution is -2.36. The van der Waals surface area contributed by atoms with E-state index in [1.807, 2.05) is 12.1 Å². The van der Waals surface area contributed by atoms with E-state index in [1.54, 1.807) is 26.2 Å². The molecule has 0 saturated carbocycles. The SMILES string of the molecule is CN(C)C(=O)Oc1cccc2c1CC[C@@H]1[C@H]2CCN1CCCCCCNC(=O)c1ccc(S(C)(=O)=O)cc1. The zero-order valence-electron chi connectivity index (χ0n) is 22.6. The summed E-state index contributed by atoms with van der Waals surface area (Å²) < 4.78 is 28.8. The molecule has 0 spiro atoms. The number of hydrogen-bond acceptors (Lipinski definition) is 6. The Morgan fingerprint density at radius 1 is 1.03 bits per heavy atom. The number of carbonyl (C=O) groups is 2. The highest BCUT2D eigenvalue weighted by Crippen LogP contribution is 2.44. The van der Waals surface area contributed by atoms with E-state index >= 15 is 0 Å². The molecule has 2 aromatic rings. The van der Waals surface area contributed by atoms with Crippen molar-refractivity contribution in [3.8, 4) is 5.75 Å². The van der Waals surface area contributed by atoms with Crippen LogP contribution < -0.4 is 10.1 Å². The molecule has 8 nitrogen and oxygen atoms in total. The molecule has 206 valence electrons. The number of ether oxygens (including phenoxy) is 1. The molecule has 0 unspecified atom stereocenters. The lowest BCUT2D eigenvalue weighted by molar-refractivity contribution is 0.0952. The Morgan fingerprint density at radius 2 is 1.76 bits per heavy atom. The summed E-state index contributed by atoms with van der Waals surface area (Å²) in [6.45, 7) is 2.80. The van der Waals surface area contributed by atoms with Crippen molar-refractivity contribution in [3.63, 3.8) is 0 Å². The zero-order chi connectivity index (χ0) is 27.3. The molecule has 2 atom stereocenters. The fraction of sp³-hybridized carbons (Fsp3) is 0.517. The second kappa shape index (κ2) is 12.3. The summed E-state index contributed by atoms with van der Waals surface area (Å²) in [6.07, 6.45) is 8.20. The number of nitrogens with one attached hydrogen (secondary N) is 1. The smallest absolute Gasteiger partial charge is 0.410 e. The van der Waals surface area contributed by atoms with E-state index in [1.165, 1.54) is 28.2 Å². The highest BCUT2D eigenvalue weighted by atomic mass is 32.2. The number of unbranched alkanes of at least 4 members (excludes halogenated alkanes) is 3. The predicted molar refractivity (Wildman–Crippen MR) is 148 cm³/mol. The van der Waals surface area contributed by atoms with Gasteiger partial charge in [-0.1, -0.05) is 25.0 Å². The van der Waals surface area contributed by atoms with Gasteiger partial charge in [0.2, 0.25) is 0 Å². The van der Waals surface area contributed by atoms with Crippen molar-refractivity contribution < 1.29 is 22.7 Å². The summed E-state index contributed by atoms with van der Waals surface area (Å²) in [5.41, 5.74) is 3.01. The van der Waals surface area contributed by atoms with Crippen LogP contribution in [0.2, 0.25) is 0 Å². The Hall–Kier alpha value is -2.91. The highest BCUT2D eigenvalue weighted by molar-refractivity contribution is 7.90. The van der Waals surface area contributed by atoms with Crippen molar-refractivity contribution in [2.24, 2.45) is 0 Å². The molecule has 0 bridgehead atoms. The zero-order valence-corrected chi connectivity index (χ0v) is 23.4. The normalized spacial score (nSPS) is 18.9. The first-order valence-corrected chi connectivity index (χ1v) is 15.4. The quantitative estimate of drug-likeness (QED) is 0.452. The van der Waals surface area contributed by atoms with E-state index in [-0.39, 0.29) is 16.9 Å². The van der Waals surface area contributed by atoms with Crippen LogP contribution in [0.1, 0.15) is 65.9 Å². The Balaban J connectivity index is 1.17. The maximum atomic E-state index is 12.3. The van der Waals surface area contributed by atoms with E-state index in [9.17, 15) is 18.0 Å². The number of likely N-dealkylation sites (tertiary alicyclic amines) is 1. The molecule has 1 aliphatic heterocycles. The van der Waals surface area contributed by atoms with Crippen molar-refractivity contribution in [2.45, 2.75) is 61.8 Å². The first kappa shape index (κ1) is 28.1. The van der Waals surface area contributed by atoms with Gasteiger partial charge < -0.3 is 15.0 Å². The molecule has 2 amide bonds. The van der Waals surface area contributed by atoms with E-state index in [0.717, 1.165) is 64.3 Å². The van der Waals surface area contributed by atoms with E-state index in [0.29, 0.717) is 29.8 Å². The van der Waals surface area contributed by atoms with Gasteiger partial charge in [-0.3, -0.25) is 9.69 Å². The number of hydrogen-bond donors (Lipinski definition) is 1. The molecular formula is C29H39N3O5S. The van der Waals surface area contributed by atoms with Crippen LogP contribution in [0.25, 0.3) is 0 Å². The van der Waals surface area contributed by atoms with Crippen molar-refractivity contribution in [2.75, 3.05) is 40.0 Å². The molecule has 2 aliphatic rings. The third-order valence-corrected chi connectivity index (χ3v) is 8.81. The van der Waals surface area contributed by atoms with E-state index in [2.05, 4.69) is 16.3 Å². The van der Waals surface area contributed by atoms with E-state index < -0.39 is 9.84 Å². The Morgan fingerprint density at radius 3 is 2.47 bits per heavy atom. The van der Waals surface area contributed by atoms with Gasteiger partial charge in [0, 0.05) is 44.4 Å². The standard InChI is InChI=1S/C29H39N3O5S/c1-31(2)29(34)37-27-10-8-9-23-24-17-20-32(26(24)16-15-25(23)27)19-7-5-4-6-18-30-28(33)21-11-13-22(14-12-21)38(3,35)36/h8-14,24,26H,4-7,15-20H2,1-3H3,(H,30,33)/t24-,26+/m0/s1. The van der Waals surface area contributed by atoms with Crippen LogP contribution in [-0.4, -0.2) is 76.2 Å². The molecule has 38 heavy (non-hydrogen) atoms. The minimum Gasteiger partial charge on any atom is -0.410 e. The predicted octanol–water partition coefficient (Wildman–Crippen LogP) is 4.25. The van der Waals surface area contributed by atoms with Gasteiger partial charge in [0.15, 0.2) is 9.84 Å². The van der Waals surface area contributed by atoms with Gasteiger partial charge in [-0.25, -0.2) is 13.2 Å². The molecule has 4 rings (SSSR count). The summed E-state index contributed by atoms with van der Waals surface area (Å²) in [6, 6.07) is 12.7. The molecule has 1 aliphatic carbocycles. The molecular weight excluding hydrogens is 502 g/mol. The van der Waals surface area contributed by atoms with Crippen LogP contribution in [-0.2, 0) is 16.3 Å². The van der Waals surface area contributed by atoms with Crippen molar-refractivity contribution in [1.82, 2.24) is 15.1 Å². The van der Waals surface area contributed by atoms with Gasteiger partial charge in [0.1, 0.15) is 5.75 Å². The number of nitrogens with zero attached hydrogens (tertiary/aromatic N) is 2. The summed E-state index contributed by atoms with van der Waals surface area (Å²) in [5.74, 6) is 1.03. The fourth-order valence-electron chi connectivity index (χ4n) is 5.66. The lowest BCUT2D eigenvalue weighted by Gasteiger charge is -2.34. The second-order valence-electron chi connectivity index (χ2n) is 10.6. The van der Waals surface area contributed by atoms with Crippen LogP contribution in [0.15, 0.2) is 47.4 Å². The number of benzene rings is 2. The topological polar surface area (TPSA) is 96.0 Å². The molecule has 0 aromatic heterocycles. The Kier molecular flexibility index (Phi) is 9.10. The lowest BCUT2D eigenvalue weighted by atomic mass is 9.79. The number of carbonyl (C=O) groups excluding carboxylic acids is 2. The van der Waals surface area contributed by atoms with E-state index in [4.69, 9.17) is 4.74 Å². The largest absolute Gasteiger partial charge is 0.414 e. The first-order chi connectivity index (χ1) is 18.1. The average Bonchev–Trinajstić information content (AvgIpc) is 3.31. The summed E-state index contributed by atoms with van der Waals surface area (Å²) in [5, 5.41) is 2.93. The maximum Gasteiger partial charge on any atom is 0.414 e. The summed E-state index contributed by atoms with van der Waals surface area (Å²) in [4.78, 5) is 28.7. The van der Waals surface area contributed by atoms with Crippen LogP contribution in [0.5, 0.6) is 5.75 Å². The minimum absolute atomic E-state index is 0.176. The molecule has 2 aromatic carbocycles. The van der Waals surface area contributed by atoms with Crippen LogP contribution in [0, 0.1) is 0 Å². The third-order valence-electron chi connectivity index (χ3n) is 7.68. The Labute approximate surface area is 226 Å². The third kappa shape index (κ3) is 6.74. The molecule has 1 saturated heterocycles. The van der Waals surface area contributed by atoms with Gasteiger partial charge in [0.05, 0.1) is 4.90 Å². The highest BCUT2D eigenvalue weighted by Gasteiger charge is 2.39. The number of amides is 2. The average molecular weight is 542 g/mol. The second-order valence-corrected chi connectivity index (χ2v) is 12.6. The van der Waals surface area contributed by atoms with Gasteiger partial charge in [-0.05, 0) is 86.7 Å². The number of rotatable bonds is 10. The number of fused-ring (bicyclic) bond motifs is 3. The molecule has 1 heterocycles. The van der Waals surface area contributed by atoms with Gasteiger partial charge in [-0.15, -0.1) is 0 Å². The molecule has 0 radical (unpaired) electrons. The summed E-state index contributed by atoms with van der Waals surface area (Å²) in [7, 11) is 0.132. The van der Waals surface area contributed by atoms with Crippen molar-refractivity contribution in [3.05, 3.63) is 59.2 Å². The Bertz CT molecular complexity index is 1240. The molecule has 1 N–H and O–H groups in total. The molecule has 1 fully saturated rings. The monoisotopic (exact) mass is 541 g/mol. The minimum atomic E-state index is -3.26. The molecule has 9 heteroatoms. The number of sulfone groups is 1. The fourth-order valence-corrected chi connectivity index (χ4v) is 6.29. The van der Waals surface area contributed by atoms with Crippen LogP contribution in [0.4, 0.5) is 4.79 Å². The first-order valence-electron chi connectivity index (χ1n) is 13.5. The summed E-state index contributed by atoms with van der Waals surface area (Å²) >= 11 is 0. The maximum absolute atomic E-state index is 12.3.